The number of hydrogen-bond donors (Lipinski definition) is 0. The molecule has 5 heteroatoms. The van der Waals surface area contributed by atoms with Gasteiger partial charge in [-0.3, -0.25) is 4.98 Å². The molecule has 3 rings (SSSR count). The van der Waals surface area contributed by atoms with Gasteiger partial charge in [0.05, 0.1) is 5.69 Å². The van der Waals surface area contributed by atoms with Crippen LogP contribution < -0.4 is 0 Å². The summed E-state index contributed by atoms with van der Waals surface area (Å²) in [6, 6.07) is 12.9. The highest BCUT2D eigenvalue weighted by Crippen LogP contribution is 2.24. The van der Waals surface area contributed by atoms with Gasteiger partial charge < -0.3 is 0 Å². The Morgan fingerprint density at radius 3 is 2.35 bits per heavy atom. The highest BCUT2D eigenvalue weighted by molar-refractivity contribution is 6.30. The van der Waals surface area contributed by atoms with Crippen molar-refractivity contribution in [2.24, 2.45) is 0 Å². The van der Waals surface area contributed by atoms with Gasteiger partial charge in [-0.25, -0.2) is 9.97 Å². The van der Waals surface area contributed by atoms with Crippen molar-refractivity contribution >= 4 is 23.2 Å². The fraction of sp³-hybridized carbons (Fsp3) is 0. The first-order valence-corrected chi connectivity index (χ1v) is 6.69. The third-order valence-electron chi connectivity index (χ3n) is 2.75. The van der Waals surface area contributed by atoms with Crippen molar-refractivity contribution in [2.75, 3.05) is 0 Å². The van der Waals surface area contributed by atoms with E-state index >= 15 is 0 Å². The van der Waals surface area contributed by atoms with Crippen LogP contribution in [0.2, 0.25) is 10.2 Å². The summed E-state index contributed by atoms with van der Waals surface area (Å²) in [5.74, 6) is 0.551. The Balaban J connectivity index is 2.09. The molecule has 0 saturated heterocycles. The van der Waals surface area contributed by atoms with Crippen molar-refractivity contribution < 1.29 is 0 Å². The fourth-order valence-electron chi connectivity index (χ4n) is 1.81. The van der Waals surface area contributed by atoms with E-state index in [0.29, 0.717) is 16.0 Å². The first kappa shape index (κ1) is 13.0. The highest BCUT2D eigenvalue weighted by Gasteiger charge is 2.07. The number of hydrogen-bond acceptors (Lipinski definition) is 3. The summed E-state index contributed by atoms with van der Waals surface area (Å²) in [6.07, 6.45) is 3.41. The summed E-state index contributed by atoms with van der Waals surface area (Å²) in [5, 5.41) is 1.07. The van der Waals surface area contributed by atoms with E-state index in [-0.39, 0.29) is 0 Å². The van der Waals surface area contributed by atoms with Gasteiger partial charge in [-0.15, -0.1) is 0 Å². The minimum Gasteiger partial charge on any atom is -0.264 e. The quantitative estimate of drug-likeness (QED) is 0.654. The predicted molar refractivity (Wildman–Crippen MR) is 80.7 cm³/mol. The standard InChI is InChI=1S/C15H9Cl2N3/c16-12-5-3-10(4-6-12)13-8-14(17)20-15(19-13)11-2-1-7-18-9-11/h1-9H. The third-order valence-corrected chi connectivity index (χ3v) is 3.20. The molecule has 0 saturated carbocycles. The summed E-state index contributed by atoms with van der Waals surface area (Å²) < 4.78 is 0. The van der Waals surface area contributed by atoms with Crippen molar-refractivity contribution in [3.8, 4) is 22.6 Å². The molecule has 98 valence electrons. The zero-order valence-electron chi connectivity index (χ0n) is 10.3. The normalized spacial score (nSPS) is 10.5. The van der Waals surface area contributed by atoms with Crippen LogP contribution in [0.25, 0.3) is 22.6 Å². The minimum atomic E-state index is 0.392. The first-order chi connectivity index (χ1) is 9.72. The molecule has 0 radical (unpaired) electrons. The second kappa shape index (κ2) is 5.57. The number of benzene rings is 1. The van der Waals surface area contributed by atoms with Crippen LogP contribution in [0.15, 0.2) is 54.9 Å². The van der Waals surface area contributed by atoms with Gasteiger partial charge in [0, 0.05) is 34.6 Å². The van der Waals surface area contributed by atoms with Crippen LogP contribution in [0.3, 0.4) is 0 Å². The topological polar surface area (TPSA) is 38.7 Å². The molecule has 0 bridgehead atoms. The summed E-state index contributed by atoms with van der Waals surface area (Å²) in [6.45, 7) is 0. The molecule has 0 atom stereocenters. The van der Waals surface area contributed by atoms with Gasteiger partial charge in [0.15, 0.2) is 5.82 Å². The van der Waals surface area contributed by atoms with Gasteiger partial charge in [0.1, 0.15) is 5.15 Å². The lowest BCUT2D eigenvalue weighted by Gasteiger charge is -2.05. The molecule has 3 nitrogen and oxygen atoms in total. The van der Waals surface area contributed by atoms with Crippen LogP contribution >= 0.6 is 23.2 Å². The molecular formula is C15H9Cl2N3. The second-order valence-electron chi connectivity index (χ2n) is 4.15. The highest BCUT2D eigenvalue weighted by atomic mass is 35.5. The molecule has 1 aromatic carbocycles. The van der Waals surface area contributed by atoms with E-state index in [2.05, 4.69) is 15.0 Å². The summed E-state index contributed by atoms with van der Waals surface area (Å²) >= 11 is 12.0. The molecule has 2 heterocycles. The Labute approximate surface area is 126 Å². The van der Waals surface area contributed by atoms with Gasteiger partial charge in [0.25, 0.3) is 0 Å². The lowest BCUT2D eigenvalue weighted by molar-refractivity contribution is 1.17. The van der Waals surface area contributed by atoms with Crippen molar-refractivity contribution in [1.82, 2.24) is 15.0 Å². The maximum absolute atomic E-state index is 6.08. The smallest absolute Gasteiger partial charge is 0.163 e. The molecule has 0 spiro atoms. The van der Waals surface area contributed by atoms with Gasteiger partial charge in [-0.2, -0.15) is 0 Å². The van der Waals surface area contributed by atoms with Crippen molar-refractivity contribution in [3.05, 3.63) is 65.0 Å². The fourth-order valence-corrected chi connectivity index (χ4v) is 2.12. The molecular weight excluding hydrogens is 293 g/mol. The first-order valence-electron chi connectivity index (χ1n) is 5.93. The Hall–Kier alpha value is -1.97. The van der Waals surface area contributed by atoms with E-state index in [0.717, 1.165) is 16.8 Å². The van der Waals surface area contributed by atoms with Gasteiger partial charge in [0.2, 0.25) is 0 Å². The second-order valence-corrected chi connectivity index (χ2v) is 4.97. The molecule has 0 amide bonds. The number of aromatic nitrogens is 3. The molecule has 3 aromatic rings. The largest absolute Gasteiger partial charge is 0.264 e. The maximum Gasteiger partial charge on any atom is 0.163 e. The van der Waals surface area contributed by atoms with Crippen LogP contribution in [0, 0.1) is 0 Å². The summed E-state index contributed by atoms with van der Waals surface area (Å²) in [4.78, 5) is 12.8. The van der Waals surface area contributed by atoms with Crippen LogP contribution in [0.5, 0.6) is 0 Å². The Morgan fingerprint density at radius 2 is 1.65 bits per heavy atom. The average Bonchev–Trinajstić information content (AvgIpc) is 2.48. The molecule has 0 unspecified atom stereocenters. The van der Waals surface area contributed by atoms with Crippen LogP contribution in [0.4, 0.5) is 0 Å². The number of halogens is 2. The summed E-state index contributed by atoms with van der Waals surface area (Å²) in [7, 11) is 0. The predicted octanol–water partition coefficient (Wildman–Crippen LogP) is 4.51. The zero-order chi connectivity index (χ0) is 13.9. The summed E-state index contributed by atoms with van der Waals surface area (Å²) in [5.41, 5.74) is 2.51. The molecule has 0 aliphatic carbocycles. The van der Waals surface area contributed by atoms with Crippen molar-refractivity contribution in [2.45, 2.75) is 0 Å². The zero-order valence-corrected chi connectivity index (χ0v) is 11.8. The van der Waals surface area contributed by atoms with Crippen LogP contribution in [0.1, 0.15) is 0 Å². The van der Waals surface area contributed by atoms with E-state index in [1.165, 1.54) is 0 Å². The maximum atomic E-state index is 6.08. The Morgan fingerprint density at radius 1 is 0.850 bits per heavy atom. The van der Waals surface area contributed by atoms with E-state index < -0.39 is 0 Å². The lowest BCUT2D eigenvalue weighted by atomic mass is 10.1. The van der Waals surface area contributed by atoms with Gasteiger partial charge in [-0.1, -0.05) is 35.3 Å². The third kappa shape index (κ3) is 2.79. The van der Waals surface area contributed by atoms with Crippen molar-refractivity contribution in [1.29, 1.82) is 0 Å². The molecule has 0 aliphatic rings. The van der Waals surface area contributed by atoms with Crippen molar-refractivity contribution in [3.63, 3.8) is 0 Å². The molecule has 0 aliphatic heterocycles. The van der Waals surface area contributed by atoms with E-state index in [1.54, 1.807) is 18.5 Å². The van der Waals surface area contributed by atoms with E-state index in [9.17, 15) is 0 Å². The van der Waals surface area contributed by atoms with Gasteiger partial charge >= 0.3 is 0 Å². The van der Waals surface area contributed by atoms with Gasteiger partial charge in [-0.05, 0) is 24.3 Å². The van der Waals surface area contributed by atoms with Crippen LogP contribution in [-0.4, -0.2) is 15.0 Å². The molecule has 0 N–H and O–H groups in total. The number of rotatable bonds is 2. The Bertz CT molecular complexity index is 728. The molecule has 20 heavy (non-hydrogen) atoms. The monoisotopic (exact) mass is 301 g/mol. The number of pyridine rings is 1. The van der Waals surface area contributed by atoms with E-state index in [1.807, 2.05) is 36.4 Å². The molecule has 2 aromatic heterocycles. The van der Waals surface area contributed by atoms with E-state index in [4.69, 9.17) is 23.2 Å². The van der Waals surface area contributed by atoms with Crippen LogP contribution in [-0.2, 0) is 0 Å². The SMILES string of the molecule is Clc1ccc(-c2cc(Cl)nc(-c3cccnc3)n2)cc1. The number of nitrogens with zero attached hydrogens (tertiary/aromatic N) is 3. The average molecular weight is 302 g/mol. The molecule has 0 fully saturated rings. The minimum absolute atomic E-state index is 0.392. The lowest BCUT2D eigenvalue weighted by Crippen LogP contribution is -1.93. The Kier molecular flexibility index (Phi) is 3.63.